The highest BCUT2D eigenvalue weighted by molar-refractivity contribution is 9.10. The number of piperidine rings is 1. The highest BCUT2D eigenvalue weighted by atomic mass is 79.9. The lowest BCUT2D eigenvalue weighted by molar-refractivity contribution is 0.0955. The molecule has 1 heterocycles. The van der Waals surface area contributed by atoms with E-state index in [-0.39, 0.29) is 10.5 Å². The third-order valence-electron chi connectivity index (χ3n) is 4.28. The van der Waals surface area contributed by atoms with Crippen LogP contribution in [0.4, 0.5) is 0 Å². The molecule has 0 radical (unpaired) electrons. The van der Waals surface area contributed by atoms with Crippen LogP contribution in [0.25, 0.3) is 0 Å². The van der Waals surface area contributed by atoms with Crippen LogP contribution in [0.15, 0.2) is 63.0 Å². The largest absolute Gasteiger partial charge is 0.271 e. The Morgan fingerprint density at radius 1 is 1.07 bits per heavy atom. The Kier molecular flexibility index (Phi) is 6.41. The van der Waals surface area contributed by atoms with Crippen LogP contribution in [0.5, 0.6) is 0 Å². The molecule has 3 rings (SSSR count). The van der Waals surface area contributed by atoms with Crippen molar-refractivity contribution >= 4 is 38.1 Å². The fraction of sp³-hybridized carbons (Fsp3) is 0.263. The lowest BCUT2D eigenvalue weighted by Crippen LogP contribution is -2.35. The highest BCUT2D eigenvalue weighted by Gasteiger charge is 2.26. The number of nitrogens with one attached hydrogen (secondary N) is 1. The van der Waals surface area contributed by atoms with Gasteiger partial charge in [-0.1, -0.05) is 40.5 Å². The summed E-state index contributed by atoms with van der Waals surface area (Å²) >= 11 is 3.37. The van der Waals surface area contributed by atoms with Gasteiger partial charge in [-0.25, -0.2) is 13.8 Å². The molecule has 1 aliphatic heterocycles. The summed E-state index contributed by atoms with van der Waals surface area (Å²) in [6.07, 6.45) is 4.30. The molecule has 2 aromatic rings. The van der Waals surface area contributed by atoms with Crippen molar-refractivity contribution in [3.63, 3.8) is 0 Å². The molecule has 0 spiro atoms. The Hall–Kier alpha value is -2.03. The minimum absolute atomic E-state index is 0.132. The van der Waals surface area contributed by atoms with Gasteiger partial charge in [0.25, 0.3) is 5.91 Å². The molecule has 0 saturated carbocycles. The topological polar surface area (TPSA) is 78.8 Å². The summed E-state index contributed by atoms with van der Waals surface area (Å²) in [5.41, 5.74) is 3.51. The SMILES string of the molecule is O=C(NN=Cc1cccc(Br)c1)c1cccc(S(=O)(=O)N2CCCCC2)c1. The van der Waals surface area contributed by atoms with Gasteiger partial charge < -0.3 is 0 Å². The number of halogens is 1. The summed E-state index contributed by atoms with van der Waals surface area (Å²) in [6.45, 7) is 1.05. The van der Waals surface area contributed by atoms with Crippen molar-refractivity contribution in [2.24, 2.45) is 5.10 Å². The molecule has 0 atom stereocenters. The van der Waals surface area contributed by atoms with Crippen LogP contribution < -0.4 is 5.43 Å². The standard InChI is InChI=1S/C19H20BrN3O3S/c20-17-8-4-6-15(12-17)14-21-22-19(24)16-7-5-9-18(13-16)27(25,26)23-10-2-1-3-11-23/h4-9,12-14H,1-3,10-11H2,(H,22,24). The van der Waals surface area contributed by atoms with Crippen LogP contribution in [-0.4, -0.2) is 37.9 Å². The fourth-order valence-corrected chi connectivity index (χ4v) is 4.85. The molecule has 1 N–H and O–H groups in total. The second-order valence-electron chi connectivity index (χ2n) is 6.25. The summed E-state index contributed by atoms with van der Waals surface area (Å²) in [4.78, 5) is 12.4. The van der Waals surface area contributed by atoms with Gasteiger partial charge in [-0.05, 0) is 48.7 Å². The van der Waals surface area contributed by atoms with Gasteiger partial charge in [0, 0.05) is 23.1 Å². The van der Waals surface area contributed by atoms with Gasteiger partial charge in [0.05, 0.1) is 11.1 Å². The maximum Gasteiger partial charge on any atom is 0.271 e. The highest BCUT2D eigenvalue weighted by Crippen LogP contribution is 2.21. The van der Waals surface area contributed by atoms with E-state index in [0.29, 0.717) is 13.1 Å². The van der Waals surface area contributed by atoms with E-state index in [1.54, 1.807) is 12.1 Å². The number of amides is 1. The maximum absolute atomic E-state index is 12.8. The summed E-state index contributed by atoms with van der Waals surface area (Å²) in [5.74, 6) is -0.461. The second kappa shape index (κ2) is 8.77. The minimum Gasteiger partial charge on any atom is -0.267 e. The van der Waals surface area contributed by atoms with E-state index in [1.807, 2.05) is 24.3 Å². The van der Waals surface area contributed by atoms with E-state index in [4.69, 9.17) is 0 Å². The molecule has 1 amide bonds. The van der Waals surface area contributed by atoms with Crippen molar-refractivity contribution < 1.29 is 13.2 Å². The number of rotatable bonds is 5. The smallest absolute Gasteiger partial charge is 0.267 e. The first-order chi connectivity index (χ1) is 13.0. The van der Waals surface area contributed by atoms with Crippen LogP contribution in [0.3, 0.4) is 0 Å². The molecule has 0 bridgehead atoms. The maximum atomic E-state index is 12.8. The Bertz CT molecular complexity index is 954. The molecular formula is C19H20BrN3O3S. The van der Waals surface area contributed by atoms with E-state index < -0.39 is 15.9 Å². The van der Waals surface area contributed by atoms with Crippen molar-refractivity contribution in [1.29, 1.82) is 0 Å². The zero-order valence-electron chi connectivity index (χ0n) is 14.6. The number of hydrazone groups is 1. The zero-order chi connectivity index (χ0) is 19.3. The number of carbonyl (C=O) groups is 1. The van der Waals surface area contributed by atoms with Gasteiger partial charge in [-0.3, -0.25) is 4.79 Å². The van der Waals surface area contributed by atoms with Gasteiger partial charge in [-0.15, -0.1) is 0 Å². The molecule has 1 fully saturated rings. The van der Waals surface area contributed by atoms with Crippen LogP contribution >= 0.6 is 15.9 Å². The monoisotopic (exact) mass is 449 g/mol. The van der Waals surface area contributed by atoms with Crippen LogP contribution in [0.2, 0.25) is 0 Å². The van der Waals surface area contributed by atoms with Crippen LogP contribution in [-0.2, 0) is 10.0 Å². The zero-order valence-corrected chi connectivity index (χ0v) is 17.0. The number of nitrogens with zero attached hydrogens (tertiary/aromatic N) is 2. The molecule has 6 nitrogen and oxygen atoms in total. The van der Waals surface area contributed by atoms with E-state index >= 15 is 0 Å². The third-order valence-corrected chi connectivity index (χ3v) is 6.67. The van der Waals surface area contributed by atoms with Gasteiger partial charge in [-0.2, -0.15) is 9.41 Å². The van der Waals surface area contributed by atoms with E-state index in [1.165, 1.54) is 22.7 Å². The van der Waals surface area contributed by atoms with Gasteiger partial charge in [0.15, 0.2) is 0 Å². The Balaban J connectivity index is 1.72. The predicted molar refractivity (Wildman–Crippen MR) is 108 cm³/mol. The predicted octanol–water partition coefficient (Wildman–Crippen LogP) is 3.39. The summed E-state index contributed by atoms with van der Waals surface area (Å²) < 4.78 is 27.9. The van der Waals surface area contributed by atoms with Crippen LogP contribution in [0.1, 0.15) is 35.2 Å². The average molecular weight is 450 g/mol. The lowest BCUT2D eigenvalue weighted by atomic mass is 10.2. The number of hydrogen-bond donors (Lipinski definition) is 1. The first-order valence-electron chi connectivity index (χ1n) is 8.66. The third kappa shape index (κ3) is 5.03. The first kappa shape index (κ1) is 19.7. The Labute approximate surface area is 167 Å². The lowest BCUT2D eigenvalue weighted by Gasteiger charge is -2.25. The van der Waals surface area contributed by atoms with Gasteiger partial charge >= 0.3 is 0 Å². The summed E-state index contributed by atoms with van der Waals surface area (Å²) in [6, 6.07) is 13.5. The molecule has 0 unspecified atom stereocenters. The van der Waals surface area contributed by atoms with Crippen molar-refractivity contribution in [2.75, 3.05) is 13.1 Å². The molecule has 142 valence electrons. The number of hydrogen-bond acceptors (Lipinski definition) is 4. The van der Waals surface area contributed by atoms with Gasteiger partial charge in [0.2, 0.25) is 10.0 Å². The first-order valence-corrected chi connectivity index (χ1v) is 10.9. The Morgan fingerprint density at radius 3 is 2.56 bits per heavy atom. The molecule has 27 heavy (non-hydrogen) atoms. The molecule has 1 saturated heterocycles. The summed E-state index contributed by atoms with van der Waals surface area (Å²) in [7, 11) is -3.58. The van der Waals surface area contributed by atoms with E-state index in [0.717, 1.165) is 29.3 Å². The van der Waals surface area contributed by atoms with E-state index in [9.17, 15) is 13.2 Å². The van der Waals surface area contributed by atoms with Crippen LogP contribution in [0, 0.1) is 0 Å². The van der Waals surface area contributed by atoms with Crippen molar-refractivity contribution in [1.82, 2.24) is 9.73 Å². The molecule has 1 aliphatic rings. The minimum atomic E-state index is -3.58. The van der Waals surface area contributed by atoms with Crippen molar-refractivity contribution in [3.05, 3.63) is 64.1 Å². The quantitative estimate of drug-likeness (QED) is 0.561. The number of benzene rings is 2. The average Bonchev–Trinajstić information content (AvgIpc) is 2.69. The molecular weight excluding hydrogens is 430 g/mol. The molecule has 2 aromatic carbocycles. The number of sulfonamides is 1. The molecule has 8 heteroatoms. The van der Waals surface area contributed by atoms with Gasteiger partial charge in [0.1, 0.15) is 0 Å². The summed E-state index contributed by atoms with van der Waals surface area (Å²) in [5, 5.41) is 3.94. The van der Waals surface area contributed by atoms with E-state index in [2.05, 4.69) is 26.5 Å². The Morgan fingerprint density at radius 2 is 1.81 bits per heavy atom. The normalized spacial score (nSPS) is 15.7. The molecule has 0 aliphatic carbocycles. The second-order valence-corrected chi connectivity index (χ2v) is 9.10. The fourth-order valence-electron chi connectivity index (χ4n) is 2.87. The van der Waals surface area contributed by atoms with Crippen molar-refractivity contribution in [3.8, 4) is 0 Å². The molecule has 0 aromatic heterocycles. The number of carbonyl (C=O) groups excluding carboxylic acids is 1. The van der Waals surface area contributed by atoms with Crippen molar-refractivity contribution in [2.45, 2.75) is 24.2 Å².